The fourth-order valence-corrected chi connectivity index (χ4v) is 2.50. The maximum atomic E-state index is 11.7. The number of carbonyl (C=O) groups excluding carboxylic acids is 1. The highest BCUT2D eigenvalue weighted by Gasteiger charge is 2.13. The van der Waals surface area contributed by atoms with Gasteiger partial charge in [0.05, 0.1) is 13.7 Å². The molecule has 3 rings (SSSR count). The highest BCUT2D eigenvalue weighted by molar-refractivity contribution is 5.74. The van der Waals surface area contributed by atoms with Crippen molar-refractivity contribution in [2.45, 2.75) is 6.42 Å². The van der Waals surface area contributed by atoms with Gasteiger partial charge in [0.25, 0.3) is 0 Å². The van der Waals surface area contributed by atoms with Crippen molar-refractivity contribution in [1.82, 2.24) is 10.6 Å². The molecule has 2 N–H and O–H groups in total. The zero-order valence-corrected chi connectivity index (χ0v) is 15.6. The SMILES string of the molecule is COc1ccc(CCNC(=O)NCC#CCOc2ccc3c(c2)OCO3)cc1. The zero-order chi connectivity index (χ0) is 19.6. The van der Waals surface area contributed by atoms with Gasteiger partial charge < -0.3 is 29.6 Å². The molecular formula is C21H22N2O5. The number of benzene rings is 2. The Kier molecular flexibility index (Phi) is 6.85. The van der Waals surface area contributed by atoms with Gasteiger partial charge in [-0.25, -0.2) is 4.79 Å². The van der Waals surface area contributed by atoms with E-state index in [2.05, 4.69) is 22.5 Å². The number of rotatable bonds is 7. The van der Waals surface area contributed by atoms with E-state index in [-0.39, 0.29) is 26.0 Å². The minimum absolute atomic E-state index is 0.223. The molecule has 0 atom stereocenters. The van der Waals surface area contributed by atoms with Crippen LogP contribution in [0.5, 0.6) is 23.0 Å². The summed E-state index contributed by atoms with van der Waals surface area (Å²) < 4.78 is 21.2. The highest BCUT2D eigenvalue weighted by atomic mass is 16.7. The second-order valence-corrected chi connectivity index (χ2v) is 5.86. The first-order chi connectivity index (χ1) is 13.7. The van der Waals surface area contributed by atoms with Crippen LogP contribution < -0.4 is 29.6 Å². The first kappa shape index (κ1) is 19.2. The van der Waals surface area contributed by atoms with Gasteiger partial charge in [-0.1, -0.05) is 24.0 Å². The molecule has 2 aromatic carbocycles. The van der Waals surface area contributed by atoms with E-state index in [1.54, 1.807) is 25.3 Å². The molecule has 0 saturated carbocycles. The molecule has 1 aliphatic rings. The van der Waals surface area contributed by atoms with Gasteiger partial charge in [-0.3, -0.25) is 0 Å². The molecule has 0 fully saturated rings. The molecule has 1 aliphatic heterocycles. The summed E-state index contributed by atoms with van der Waals surface area (Å²) in [6.45, 7) is 1.24. The predicted octanol–water partition coefficient (Wildman–Crippen LogP) is 2.35. The van der Waals surface area contributed by atoms with Crippen LogP contribution in [-0.4, -0.2) is 39.6 Å². The second kappa shape index (κ2) is 9.97. The van der Waals surface area contributed by atoms with Crippen LogP contribution in [0.15, 0.2) is 42.5 Å². The van der Waals surface area contributed by atoms with Crippen LogP contribution in [0, 0.1) is 11.8 Å². The number of hydrogen-bond donors (Lipinski definition) is 2. The molecule has 2 amide bonds. The molecule has 2 aromatic rings. The molecule has 0 aliphatic carbocycles. The summed E-state index contributed by atoms with van der Waals surface area (Å²) in [6.07, 6.45) is 0.743. The van der Waals surface area contributed by atoms with Crippen LogP contribution in [0.2, 0.25) is 0 Å². The fraction of sp³-hybridized carbons (Fsp3) is 0.286. The maximum absolute atomic E-state index is 11.7. The summed E-state index contributed by atoms with van der Waals surface area (Å²) in [5.74, 6) is 8.54. The van der Waals surface area contributed by atoms with E-state index in [1.165, 1.54) is 0 Å². The van der Waals surface area contributed by atoms with Crippen LogP contribution in [-0.2, 0) is 6.42 Å². The molecule has 0 saturated heterocycles. The minimum atomic E-state index is -0.250. The van der Waals surface area contributed by atoms with Gasteiger partial charge in [0.15, 0.2) is 11.5 Å². The Morgan fingerprint density at radius 3 is 2.64 bits per heavy atom. The summed E-state index contributed by atoms with van der Waals surface area (Å²) in [5, 5.41) is 5.48. The summed E-state index contributed by atoms with van der Waals surface area (Å²) in [6, 6.07) is 12.9. The molecule has 7 heteroatoms. The molecule has 28 heavy (non-hydrogen) atoms. The van der Waals surface area contributed by atoms with Crippen LogP contribution in [0.1, 0.15) is 5.56 Å². The van der Waals surface area contributed by atoms with E-state index < -0.39 is 0 Å². The Morgan fingerprint density at radius 1 is 1.04 bits per heavy atom. The van der Waals surface area contributed by atoms with Crippen molar-refractivity contribution < 1.29 is 23.7 Å². The Morgan fingerprint density at radius 2 is 1.82 bits per heavy atom. The molecular weight excluding hydrogens is 360 g/mol. The van der Waals surface area contributed by atoms with Crippen LogP contribution in [0.4, 0.5) is 4.79 Å². The average Bonchev–Trinajstić information content (AvgIpc) is 3.19. The van der Waals surface area contributed by atoms with Gasteiger partial charge in [0, 0.05) is 12.6 Å². The van der Waals surface area contributed by atoms with E-state index in [4.69, 9.17) is 18.9 Å². The predicted molar refractivity (Wildman–Crippen MR) is 104 cm³/mol. The Hall–Kier alpha value is -3.53. The van der Waals surface area contributed by atoms with Crippen LogP contribution >= 0.6 is 0 Å². The van der Waals surface area contributed by atoms with E-state index in [9.17, 15) is 4.79 Å². The number of urea groups is 1. The molecule has 7 nitrogen and oxygen atoms in total. The molecule has 0 unspecified atom stereocenters. The number of hydrogen-bond acceptors (Lipinski definition) is 5. The summed E-state index contributed by atoms with van der Waals surface area (Å²) in [4.78, 5) is 11.7. The third-order valence-corrected chi connectivity index (χ3v) is 3.98. The molecule has 0 spiro atoms. The van der Waals surface area contributed by atoms with E-state index in [1.807, 2.05) is 24.3 Å². The average molecular weight is 382 g/mol. The summed E-state index contributed by atoms with van der Waals surface area (Å²) in [5.41, 5.74) is 1.13. The van der Waals surface area contributed by atoms with Gasteiger partial charge in [-0.05, 0) is 36.2 Å². The van der Waals surface area contributed by atoms with Gasteiger partial charge in [-0.2, -0.15) is 0 Å². The van der Waals surface area contributed by atoms with Crippen LogP contribution in [0.3, 0.4) is 0 Å². The summed E-state index contributed by atoms with van der Waals surface area (Å²) in [7, 11) is 1.63. The highest BCUT2D eigenvalue weighted by Crippen LogP contribution is 2.34. The quantitative estimate of drug-likeness (QED) is 0.719. The molecule has 146 valence electrons. The number of amides is 2. The number of nitrogens with one attached hydrogen (secondary N) is 2. The lowest BCUT2D eigenvalue weighted by molar-refractivity contribution is 0.174. The van der Waals surface area contributed by atoms with Crippen molar-refractivity contribution in [3.8, 4) is 34.8 Å². The standard InChI is InChI=1S/C21H22N2O5/c1-25-17-6-4-16(5-7-17)10-12-23-21(24)22-11-2-3-13-26-18-8-9-19-20(14-18)28-15-27-19/h4-9,14H,10-13,15H2,1H3,(H2,22,23,24). The van der Waals surface area contributed by atoms with E-state index >= 15 is 0 Å². The molecule has 0 aromatic heterocycles. The molecule has 1 heterocycles. The smallest absolute Gasteiger partial charge is 0.315 e. The van der Waals surface area contributed by atoms with E-state index in [0.29, 0.717) is 23.8 Å². The Balaban J connectivity index is 1.28. The first-order valence-corrected chi connectivity index (χ1v) is 8.87. The van der Waals surface area contributed by atoms with Crippen molar-refractivity contribution in [3.05, 3.63) is 48.0 Å². The largest absolute Gasteiger partial charge is 0.497 e. The topological polar surface area (TPSA) is 78.1 Å². The van der Waals surface area contributed by atoms with Crippen LogP contribution in [0.25, 0.3) is 0 Å². The first-order valence-electron chi connectivity index (χ1n) is 8.87. The number of carbonyl (C=O) groups is 1. The number of methoxy groups -OCH3 is 1. The van der Waals surface area contributed by atoms with Crippen molar-refractivity contribution in [3.63, 3.8) is 0 Å². The lowest BCUT2D eigenvalue weighted by Gasteiger charge is -2.06. The number of fused-ring (bicyclic) bond motifs is 1. The van der Waals surface area contributed by atoms with Crippen molar-refractivity contribution in [2.75, 3.05) is 33.6 Å². The second-order valence-electron chi connectivity index (χ2n) is 5.86. The maximum Gasteiger partial charge on any atom is 0.315 e. The van der Waals surface area contributed by atoms with Gasteiger partial charge >= 0.3 is 6.03 Å². The normalized spacial score (nSPS) is 11.2. The summed E-state index contributed by atoms with van der Waals surface area (Å²) >= 11 is 0. The van der Waals surface area contributed by atoms with Crippen molar-refractivity contribution in [1.29, 1.82) is 0 Å². The van der Waals surface area contributed by atoms with Gasteiger partial charge in [-0.15, -0.1) is 0 Å². The Bertz CT molecular complexity index is 855. The lowest BCUT2D eigenvalue weighted by Crippen LogP contribution is -2.36. The zero-order valence-electron chi connectivity index (χ0n) is 15.6. The van der Waals surface area contributed by atoms with Crippen molar-refractivity contribution >= 4 is 6.03 Å². The molecule has 0 bridgehead atoms. The fourth-order valence-electron chi connectivity index (χ4n) is 2.50. The van der Waals surface area contributed by atoms with Crippen molar-refractivity contribution in [2.24, 2.45) is 0 Å². The number of ether oxygens (including phenoxy) is 4. The molecule has 0 radical (unpaired) electrons. The van der Waals surface area contributed by atoms with Gasteiger partial charge in [0.1, 0.15) is 18.1 Å². The third-order valence-electron chi connectivity index (χ3n) is 3.98. The Labute approximate surface area is 163 Å². The lowest BCUT2D eigenvalue weighted by atomic mass is 10.1. The third kappa shape index (κ3) is 5.74. The monoisotopic (exact) mass is 382 g/mol. The minimum Gasteiger partial charge on any atom is -0.497 e. The van der Waals surface area contributed by atoms with Gasteiger partial charge in [0.2, 0.25) is 6.79 Å². The van der Waals surface area contributed by atoms with E-state index in [0.717, 1.165) is 17.7 Å².